The second kappa shape index (κ2) is 7.30. The summed E-state index contributed by atoms with van der Waals surface area (Å²) in [7, 11) is 0. The Morgan fingerprint density at radius 3 is 2.86 bits per heavy atom. The SMILES string of the molecule is Cc1cc(F)ccc1-c1ccc(N)c(NC(=O)N2CC(Cn3cccn3)C2)n1. The number of pyridine rings is 1. The highest BCUT2D eigenvalue weighted by molar-refractivity contribution is 5.92. The van der Waals surface area contributed by atoms with E-state index in [1.54, 1.807) is 29.3 Å². The van der Waals surface area contributed by atoms with Crippen molar-refractivity contribution < 1.29 is 9.18 Å². The van der Waals surface area contributed by atoms with Crippen LogP contribution in [0.25, 0.3) is 11.3 Å². The van der Waals surface area contributed by atoms with Crippen molar-refractivity contribution in [2.45, 2.75) is 13.5 Å². The summed E-state index contributed by atoms with van der Waals surface area (Å²) in [5.41, 5.74) is 8.55. The van der Waals surface area contributed by atoms with Gasteiger partial charge < -0.3 is 10.6 Å². The average molecular weight is 380 g/mol. The molecule has 4 rings (SSSR count). The van der Waals surface area contributed by atoms with Crippen LogP contribution in [-0.4, -0.2) is 38.8 Å². The quantitative estimate of drug-likeness (QED) is 0.728. The fourth-order valence-corrected chi connectivity index (χ4v) is 3.34. The molecule has 0 bridgehead atoms. The van der Waals surface area contributed by atoms with Crippen LogP contribution in [0.2, 0.25) is 0 Å². The van der Waals surface area contributed by atoms with E-state index in [9.17, 15) is 9.18 Å². The highest BCUT2D eigenvalue weighted by Gasteiger charge is 2.31. The first-order valence-corrected chi connectivity index (χ1v) is 9.06. The summed E-state index contributed by atoms with van der Waals surface area (Å²) in [6.45, 7) is 3.91. The maximum absolute atomic E-state index is 13.4. The molecule has 8 heteroatoms. The number of nitrogen functional groups attached to an aromatic ring is 1. The van der Waals surface area contributed by atoms with Crippen LogP contribution in [0.5, 0.6) is 0 Å². The maximum atomic E-state index is 13.4. The monoisotopic (exact) mass is 380 g/mol. The topological polar surface area (TPSA) is 89.1 Å². The standard InChI is InChI=1S/C20H21FN6O/c1-13-9-15(21)3-4-16(13)18-6-5-17(22)19(24-18)25-20(28)26-10-14(11-26)12-27-8-2-7-23-27/h2-9,14H,10-12,22H2,1H3,(H,24,25,28). The highest BCUT2D eigenvalue weighted by atomic mass is 19.1. The molecule has 0 atom stereocenters. The molecule has 1 fully saturated rings. The summed E-state index contributed by atoms with van der Waals surface area (Å²) < 4.78 is 15.2. The number of hydrogen-bond donors (Lipinski definition) is 2. The number of amides is 2. The number of likely N-dealkylation sites (tertiary alicyclic amines) is 1. The fourth-order valence-electron chi connectivity index (χ4n) is 3.34. The van der Waals surface area contributed by atoms with E-state index in [1.165, 1.54) is 12.1 Å². The van der Waals surface area contributed by atoms with Gasteiger partial charge in [-0.3, -0.25) is 10.00 Å². The Kier molecular flexibility index (Phi) is 4.68. The van der Waals surface area contributed by atoms with E-state index in [2.05, 4.69) is 15.4 Å². The number of carbonyl (C=O) groups is 1. The third-order valence-corrected chi connectivity index (χ3v) is 4.87. The molecule has 1 aliphatic heterocycles. The van der Waals surface area contributed by atoms with Crippen molar-refractivity contribution in [3.8, 4) is 11.3 Å². The molecule has 0 unspecified atom stereocenters. The highest BCUT2D eigenvalue weighted by Crippen LogP contribution is 2.27. The van der Waals surface area contributed by atoms with Gasteiger partial charge in [0.2, 0.25) is 0 Å². The van der Waals surface area contributed by atoms with Crippen LogP contribution in [0.1, 0.15) is 5.56 Å². The van der Waals surface area contributed by atoms with Crippen molar-refractivity contribution >= 4 is 17.5 Å². The molecule has 0 radical (unpaired) electrons. The van der Waals surface area contributed by atoms with Gasteiger partial charge in [-0.25, -0.2) is 14.2 Å². The molecule has 1 aliphatic rings. The summed E-state index contributed by atoms with van der Waals surface area (Å²) in [4.78, 5) is 18.7. The lowest BCUT2D eigenvalue weighted by atomic mass is 10.0. The third-order valence-electron chi connectivity index (χ3n) is 4.87. The lowest BCUT2D eigenvalue weighted by Crippen LogP contribution is -2.53. The zero-order valence-electron chi connectivity index (χ0n) is 15.5. The molecule has 0 saturated carbocycles. The van der Waals surface area contributed by atoms with Crippen molar-refractivity contribution in [1.29, 1.82) is 0 Å². The molecule has 2 aromatic heterocycles. The minimum atomic E-state index is -0.298. The predicted molar refractivity (Wildman–Crippen MR) is 105 cm³/mol. The van der Waals surface area contributed by atoms with Crippen molar-refractivity contribution in [2.75, 3.05) is 24.1 Å². The van der Waals surface area contributed by atoms with Gasteiger partial charge in [-0.05, 0) is 48.9 Å². The maximum Gasteiger partial charge on any atom is 0.323 e. The van der Waals surface area contributed by atoms with Crippen LogP contribution in [-0.2, 0) is 6.54 Å². The Hall–Kier alpha value is -3.42. The number of hydrogen-bond acceptors (Lipinski definition) is 4. The lowest BCUT2D eigenvalue weighted by molar-refractivity contribution is 0.117. The van der Waals surface area contributed by atoms with E-state index < -0.39 is 0 Å². The van der Waals surface area contributed by atoms with Crippen LogP contribution in [0.4, 0.5) is 20.7 Å². The van der Waals surface area contributed by atoms with E-state index in [0.29, 0.717) is 36.2 Å². The van der Waals surface area contributed by atoms with Crippen LogP contribution in [0.3, 0.4) is 0 Å². The smallest absolute Gasteiger partial charge is 0.323 e. The third kappa shape index (κ3) is 3.66. The molecule has 3 heterocycles. The number of anilines is 2. The fraction of sp³-hybridized carbons (Fsp3) is 0.250. The van der Waals surface area contributed by atoms with Gasteiger partial charge in [-0.15, -0.1) is 0 Å². The second-order valence-electron chi connectivity index (χ2n) is 7.02. The number of urea groups is 1. The number of rotatable bonds is 4. The number of halogens is 1. The Labute approximate surface area is 162 Å². The molecule has 3 N–H and O–H groups in total. The Balaban J connectivity index is 1.42. The zero-order chi connectivity index (χ0) is 19.7. The van der Waals surface area contributed by atoms with Crippen molar-refractivity contribution in [3.05, 3.63) is 60.2 Å². The molecule has 3 aromatic rings. The van der Waals surface area contributed by atoms with Gasteiger partial charge in [0.25, 0.3) is 0 Å². The van der Waals surface area contributed by atoms with Crippen molar-refractivity contribution in [2.24, 2.45) is 5.92 Å². The molecule has 1 aromatic carbocycles. The van der Waals surface area contributed by atoms with Crippen LogP contribution < -0.4 is 11.1 Å². The normalized spacial score (nSPS) is 14.0. The Morgan fingerprint density at radius 2 is 2.14 bits per heavy atom. The number of carbonyl (C=O) groups excluding carboxylic acids is 1. The molecule has 144 valence electrons. The first kappa shape index (κ1) is 18.0. The van der Waals surface area contributed by atoms with Gasteiger partial charge in [0, 0.05) is 43.5 Å². The van der Waals surface area contributed by atoms with Gasteiger partial charge in [-0.2, -0.15) is 5.10 Å². The molecule has 7 nitrogen and oxygen atoms in total. The van der Waals surface area contributed by atoms with Crippen molar-refractivity contribution in [1.82, 2.24) is 19.7 Å². The summed E-state index contributed by atoms with van der Waals surface area (Å²) in [5, 5.41) is 6.97. The predicted octanol–water partition coefficient (Wildman–Crippen LogP) is 3.14. The van der Waals surface area contributed by atoms with Crippen molar-refractivity contribution in [3.63, 3.8) is 0 Å². The van der Waals surface area contributed by atoms with Crippen LogP contribution in [0.15, 0.2) is 48.8 Å². The molecule has 1 saturated heterocycles. The van der Waals surface area contributed by atoms with E-state index in [1.807, 2.05) is 23.9 Å². The number of aromatic nitrogens is 3. The second-order valence-corrected chi connectivity index (χ2v) is 7.02. The number of nitrogens with zero attached hydrogens (tertiary/aromatic N) is 4. The average Bonchev–Trinajstić information content (AvgIpc) is 3.13. The summed E-state index contributed by atoms with van der Waals surface area (Å²) in [6, 6.07) is 9.61. The Morgan fingerprint density at radius 1 is 1.32 bits per heavy atom. The minimum absolute atomic E-state index is 0.233. The van der Waals surface area contributed by atoms with E-state index in [-0.39, 0.29) is 11.8 Å². The Bertz CT molecular complexity index is 998. The van der Waals surface area contributed by atoms with Gasteiger partial charge in [0.15, 0.2) is 5.82 Å². The summed E-state index contributed by atoms with van der Waals surface area (Å²) in [5.74, 6) is 0.388. The van der Waals surface area contributed by atoms with E-state index >= 15 is 0 Å². The largest absolute Gasteiger partial charge is 0.396 e. The van der Waals surface area contributed by atoms with Crippen LogP contribution >= 0.6 is 0 Å². The number of benzene rings is 1. The minimum Gasteiger partial charge on any atom is -0.396 e. The first-order valence-electron chi connectivity index (χ1n) is 9.06. The van der Waals surface area contributed by atoms with Gasteiger partial charge in [0.05, 0.1) is 11.4 Å². The van der Waals surface area contributed by atoms with E-state index in [0.717, 1.165) is 17.7 Å². The van der Waals surface area contributed by atoms with E-state index in [4.69, 9.17) is 5.73 Å². The molecular formula is C20H21FN6O. The molecule has 2 amide bonds. The van der Waals surface area contributed by atoms with Crippen LogP contribution in [0, 0.1) is 18.7 Å². The lowest BCUT2D eigenvalue weighted by Gasteiger charge is -2.39. The van der Waals surface area contributed by atoms with Gasteiger partial charge >= 0.3 is 6.03 Å². The molecule has 28 heavy (non-hydrogen) atoms. The molecule has 0 aliphatic carbocycles. The number of nitrogens with two attached hydrogens (primary N) is 1. The number of aryl methyl sites for hydroxylation is 1. The van der Waals surface area contributed by atoms with Gasteiger partial charge in [0.1, 0.15) is 5.82 Å². The molecule has 0 spiro atoms. The van der Waals surface area contributed by atoms with Gasteiger partial charge in [-0.1, -0.05) is 0 Å². The summed E-state index contributed by atoms with van der Waals surface area (Å²) in [6.07, 6.45) is 3.66. The summed E-state index contributed by atoms with van der Waals surface area (Å²) >= 11 is 0. The number of nitrogens with one attached hydrogen (secondary N) is 1. The first-order chi connectivity index (χ1) is 13.5. The molecular weight excluding hydrogens is 359 g/mol. The zero-order valence-corrected chi connectivity index (χ0v) is 15.5.